The van der Waals surface area contributed by atoms with Gasteiger partial charge in [-0.1, -0.05) is 26.0 Å². The SMILES string of the molecule is CC(C)NCCc1coc2c3c(ccc12)CC(C)(C)O3. The van der Waals surface area contributed by atoms with E-state index in [2.05, 4.69) is 45.1 Å². The number of hydrogen-bond donors (Lipinski definition) is 1. The summed E-state index contributed by atoms with van der Waals surface area (Å²) in [6.07, 6.45) is 3.80. The van der Waals surface area contributed by atoms with Crippen LogP contribution in [0, 0.1) is 0 Å². The third kappa shape index (κ3) is 2.42. The molecule has 20 heavy (non-hydrogen) atoms. The second kappa shape index (κ2) is 4.81. The van der Waals surface area contributed by atoms with Crippen molar-refractivity contribution in [2.24, 2.45) is 0 Å². The van der Waals surface area contributed by atoms with Crippen molar-refractivity contribution in [1.82, 2.24) is 5.32 Å². The van der Waals surface area contributed by atoms with Crippen molar-refractivity contribution in [2.75, 3.05) is 6.54 Å². The van der Waals surface area contributed by atoms with Crippen molar-refractivity contribution in [1.29, 1.82) is 0 Å². The molecule has 1 aromatic carbocycles. The molecule has 0 bridgehead atoms. The van der Waals surface area contributed by atoms with Crippen LogP contribution in [0.15, 0.2) is 22.8 Å². The minimum atomic E-state index is -0.122. The van der Waals surface area contributed by atoms with Gasteiger partial charge in [0.25, 0.3) is 0 Å². The van der Waals surface area contributed by atoms with Gasteiger partial charge in [0, 0.05) is 23.4 Å². The van der Waals surface area contributed by atoms with Crippen LogP contribution in [0.25, 0.3) is 11.0 Å². The Labute approximate surface area is 120 Å². The Morgan fingerprint density at radius 2 is 2.10 bits per heavy atom. The summed E-state index contributed by atoms with van der Waals surface area (Å²) < 4.78 is 11.8. The monoisotopic (exact) mass is 273 g/mol. The van der Waals surface area contributed by atoms with E-state index in [4.69, 9.17) is 9.15 Å². The Bertz CT molecular complexity index is 625. The molecule has 0 atom stereocenters. The molecule has 108 valence electrons. The molecule has 0 amide bonds. The van der Waals surface area contributed by atoms with Gasteiger partial charge in [-0.05, 0) is 32.4 Å². The van der Waals surface area contributed by atoms with Crippen molar-refractivity contribution in [3.05, 3.63) is 29.5 Å². The number of hydrogen-bond acceptors (Lipinski definition) is 3. The zero-order valence-corrected chi connectivity index (χ0v) is 12.7. The zero-order chi connectivity index (χ0) is 14.3. The molecule has 1 aromatic heterocycles. The molecule has 3 heteroatoms. The van der Waals surface area contributed by atoms with Gasteiger partial charge < -0.3 is 14.5 Å². The van der Waals surface area contributed by atoms with E-state index in [0.29, 0.717) is 6.04 Å². The molecule has 0 radical (unpaired) electrons. The highest BCUT2D eigenvalue weighted by Crippen LogP contribution is 2.41. The molecule has 0 unspecified atom stereocenters. The van der Waals surface area contributed by atoms with Gasteiger partial charge >= 0.3 is 0 Å². The quantitative estimate of drug-likeness (QED) is 0.922. The molecule has 0 spiro atoms. The lowest BCUT2D eigenvalue weighted by molar-refractivity contribution is 0.139. The van der Waals surface area contributed by atoms with Crippen LogP contribution in [0.5, 0.6) is 5.75 Å². The van der Waals surface area contributed by atoms with E-state index in [0.717, 1.165) is 30.7 Å². The van der Waals surface area contributed by atoms with Crippen molar-refractivity contribution in [2.45, 2.75) is 52.2 Å². The van der Waals surface area contributed by atoms with Crippen LogP contribution in [-0.2, 0) is 12.8 Å². The first-order chi connectivity index (χ1) is 9.46. The molecule has 2 aromatic rings. The van der Waals surface area contributed by atoms with E-state index < -0.39 is 0 Å². The fraction of sp³-hybridized carbons (Fsp3) is 0.529. The molecular weight excluding hydrogens is 250 g/mol. The van der Waals surface area contributed by atoms with E-state index in [9.17, 15) is 0 Å². The van der Waals surface area contributed by atoms with Gasteiger partial charge in [0.2, 0.25) is 0 Å². The maximum absolute atomic E-state index is 6.05. The predicted octanol–water partition coefficient (Wildman–Crippen LogP) is 3.69. The Morgan fingerprint density at radius 3 is 2.85 bits per heavy atom. The number of benzene rings is 1. The van der Waals surface area contributed by atoms with Crippen LogP contribution in [0.4, 0.5) is 0 Å². The van der Waals surface area contributed by atoms with Crippen molar-refractivity contribution >= 4 is 11.0 Å². The van der Waals surface area contributed by atoms with Crippen molar-refractivity contribution in [3.8, 4) is 5.75 Å². The van der Waals surface area contributed by atoms with Gasteiger partial charge in [-0.25, -0.2) is 0 Å². The van der Waals surface area contributed by atoms with Crippen LogP contribution in [-0.4, -0.2) is 18.2 Å². The zero-order valence-electron chi connectivity index (χ0n) is 12.7. The normalized spacial score (nSPS) is 16.6. The highest BCUT2D eigenvalue weighted by atomic mass is 16.5. The Morgan fingerprint density at radius 1 is 1.30 bits per heavy atom. The van der Waals surface area contributed by atoms with Gasteiger partial charge in [0.05, 0.1) is 6.26 Å². The highest BCUT2D eigenvalue weighted by Gasteiger charge is 2.32. The lowest BCUT2D eigenvalue weighted by Gasteiger charge is -2.16. The van der Waals surface area contributed by atoms with E-state index in [1.165, 1.54) is 16.5 Å². The Kier molecular flexibility index (Phi) is 3.25. The fourth-order valence-electron chi connectivity index (χ4n) is 2.88. The summed E-state index contributed by atoms with van der Waals surface area (Å²) in [5.41, 5.74) is 3.29. The topological polar surface area (TPSA) is 34.4 Å². The average molecular weight is 273 g/mol. The first-order valence-corrected chi connectivity index (χ1v) is 7.41. The first kappa shape index (κ1) is 13.5. The molecule has 0 fully saturated rings. The highest BCUT2D eigenvalue weighted by molar-refractivity contribution is 5.88. The molecule has 2 heterocycles. The summed E-state index contributed by atoms with van der Waals surface area (Å²) >= 11 is 0. The third-order valence-electron chi connectivity index (χ3n) is 3.80. The van der Waals surface area contributed by atoms with E-state index >= 15 is 0 Å². The predicted molar refractivity (Wildman–Crippen MR) is 81.5 cm³/mol. The molecule has 0 aliphatic carbocycles. The average Bonchev–Trinajstić information content (AvgIpc) is 2.88. The van der Waals surface area contributed by atoms with Gasteiger partial charge in [0.15, 0.2) is 11.3 Å². The number of furan rings is 1. The maximum Gasteiger partial charge on any atom is 0.176 e. The van der Waals surface area contributed by atoms with Crippen LogP contribution in [0.3, 0.4) is 0 Å². The fourth-order valence-corrected chi connectivity index (χ4v) is 2.88. The molecule has 0 saturated carbocycles. The number of ether oxygens (including phenoxy) is 1. The van der Waals surface area contributed by atoms with Crippen LogP contribution in [0.2, 0.25) is 0 Å². The molecule has 3 nitrogen and oxygen atoms in total. The lowest BCUT2D eigenvalue weighted by atomic mass is 10.0. The summed E-state index contributed by atoms with van der Waals surface area (Å²) in [6, 6.07) is 4.87. The molecule has 1 N–H and O–H groups in total. The van der Waals surface area contributed by atoms with Gasteiger partial charge in [-0.15, -0.1) is 0 Å². The summed E-state index contributed by atoms with van der Waals surface area (Å²) in [5, 5.41) is 4.63. The Hall–Kier alpha value is -1.48. The molecule has 0 saturated heterocycles. The smallest absolute Gasteiger partial charge is 0.176 e. The molecular formula is C17H23NO2. The number of nitrogens with one attached hydrogen (secondary N) is 1. The van der Waals surface area contributed by atoms with Crippen LogP contribution in [0.1, 0.15) is 38.8 Å². The minimum Gasteiger partial charge on any atom is -0.483 e. The minimum absolute atomic E-state index is 0.122. The lowest BCUT2D eigenvalue weighted by Crippen LogP contribution is -2.24. The summed E-state index contributed by atoms with van der Waals surface area (Å²) in [6.45, 7) is 9.53. The van der Waals surface area contributed by atoms with Crippen molar-refractivity contribution < 1.29 is 9.15 Å². The molecule has 1 aliphatic heterocycles. The van der Waals surface area contributed by atoms with Crippen LogP contribution < -0.4 is 10.1 Å². The first-order valence-electron chi connectivity index (χ1n) is 7.41. The molecule has 1 aliphatic rings. The van der Waals surface area contributed by atoms with Gasteiger partial charge in [0.1, 0.15) is 5.60 Å². The maximum atomic E-state index is 6.05. The second-order valence-corrected chi connectivity index (χ2v) is 6.59. The number of fused-ring (bicyclic) bond motifs is 3. The number of rotatable bonds is 4. The molecule has 3 rings (SSSR count). The second-order valence-electron chi connectivity index (χ2n) is 6.59. The van der Waals surface area contributed by atoms with E-state index in [-0.39, 0.29) is 5.60 Å². The largest absolute Gasteiger partial charge is 0.483 e. The summed E-state index contributed by atoms with van der Waals surface area (Å²) in [5.74, 6) is 0.940. The van der Waals surface area contributed by atoms with Gasteiger partial charge in [-0.3, -0.25) is 0 Å². The standard InChI is InChI=1S/C17H23NO2/c1-11(2)18-8-7-13-10-19-16-14(13)6-5-12-9-17(3,4)20-15(12)16/h5-6,10-11,18H,7-9H2,1-4H3. The Balaban J connectivity index is 1.88. The van der Waals surface area contributed by atoms with E-state index in [1.807, 2.05) is 6.26 Å². The van der Waals surface area contributed by atoms with Crippen molar-refractivity contribution in [3.63, 3.8) is 0 Å². The third-order valence-corrected chi connectivity index (χ3v) is 3.80. The summed E-state index contributed by atoms with van der Waals surface area (Å²) in [7, 11) is 0. The van der Waals surface area contributed by atoms with Gasteiger partial charge in [-0.2, -0.15) is 0 Å². The summed E-state index contributed by atoms with van der Waals surface area (Å²) in [4.78, 5) is 0. The van der Waals surface area contributed by atoms with E-state index in [1.54, 1.807) is 0 Å². The van der Waals surface area contributed by atoms with Crippen LogP contribution >= 0.6 is 0 Å².